The van der Waals surface area contributed by atoms with Crippen molar-refractivity contribution >= 4 is 15.9 Å². The highest BCUT2D eigenvalue weighted by Crippen LogP contribution is 2.27. The summed E-state index contributed by atoms with van der Waals surface area (Å²) in [4.78, 5) is 0. The number of ether oxygens (including phenoxy) is 1. The fourth-order valence-electron chi connectivity index (χ4n) is 2.46. The predicted octanol–water partition coefficient (Wildman–Crippen LogP) is 5.01. The van der Waals surface area contributed by atoms with Crippen molar-refractivity contribution in [3.05, 3.63) is 63.6 Å². The molecule has 2 aromatic carbocycles. The molecule has 0 fully saturated rings. The number of hydrogen-bond acceptors (Lipinski definition) is 2. The van der Waals surface area contributed by atoms with E-state index in [9.17, 15) is 0 Å². The van der Waals surface area contributed by atoms with Gasteiger partial charge in [-0.25, -0.2) is 0 Å². The molecule has 1 unspecified atom stereocenters. The van der Waals surface area contributed by atoms with Gasteiger partial charge in [0.1, 0.15) is 5.75 Å². The normalized spacial score (nSPS) is 12.2. The second-order valence-electron chi connectivity index (χ2n) is 5.18. The number of nitrogens with one attached hydrogen (secondary N) is 1. The molecule has 0 aliphatic rings. The van der Waals surface area contributed by atoms with Crippen LogP contribution in [-0.2, 0) is 6.54 Å². The molecule has 0 bridgehead atoms. The van der Waals surface area contributed by atoms with E-state index < -0.39 is 0 Å². The number of hydrogen-bond donors (Lipinski definition) is 1. The maximum absolute atomic E-state index is 5.47. The van der Waals surface area contributed by atoms with Crippen LogP contribution in [0.5, 0.6) is 5.75 Å². The SMILES string of the molecule is CCC(NCc1ccc(C)cc1Br)c1ccccc1OC. The molecule has 2 aromatic rings. The summed E-state index contributed by atoms with van der Waals surface area (Å²) in [6.07, 6.45) is 1.02. The maximum Gasteiger partial charge on any atom is 0.123 e. The highest BCUT2D eigenvalue weighted by molar-refractivity contribution is 9.10. The van der Waals surface area contributed by atoms with E-state index in [0.29, 0.717) is 0 Å². The van der Waals surface area contributed by atoms with Crippen LogP contribution < -0.4 is 10.1 Å². The monoisotopic (exact) mass is 347 g/mol. The van der Waals surface area contributed by atoms with Crippen molar-refractivity contribution in [2.24, 2.45) is 0 Å². The van der Waals surface area contributed by atoms with Gasteiger partial charge < -0.3 is 10.1 Å². The molecule has 2 rings (SSSR count). The molecular formula is C18H22BrNO. The van der Waals surface area contributed by atoms with Gasteiger partial charge in [-0.15, -0.1) is 0 Å². The van der Waals surface area contributed by atoms with Crippen molar-refractivity contribution in [3.8, 4) is 5.75 Å². The summed E-state index contributed by atoms with van der Waals surface area (Å²) < 4.78 is 6.63. The molecule has 0 saturated heterocycles. The van der Waals surface area contributed by atoms with Gasteiger partial charge in [-0.05, 0) is 36.6 Å². The van der Waals surface area contributed by atoms with Crippen LogP contribution in [0.4, 0.5) is 0 Å². The van der Waals surface area contributed by atoms with Gasteiger partial charge in [-0.3, -0.25) is 0 Å². The lowest BCUT2D eigenvalue weighted by molar-refractivity contribution is 0.396. The minimum Gasteiger partial charge on any atom is -0.496 e. The lowest BCUT2D eigenvalue weighted by atomic mass is 10.0. The maximum atomic E-state index is 5.47. The molecule has 1 N–H and O–H groups in total. The molecule has 1 atom stereocenters. The van der Waals surface area contributed by atoms with Crippen LogP contribution in [0.3, 0.4) is 0 Å². The van der Waals surface area contributed by atoms with Gasteiger partial charge in [-0.2, -0.15) is 0 Å². The van der Waals surface area contributed by atoms with Gasteiger partial charge in [0.05, 0.1) is 7.11 Å². The molecule has 21 heavy (non-hydrogen) atoms. The molecule has 3 heteroatoms. The second-order valence-corrected chi connectivity index (χ2v) is 6.03. The third-order valence-electron chi connectivity index (χ3n) is 3.67. The Labute approximate surface area is 135 Å². The van der Waals surface area contributed by atoms with E-state index in [2.05, 4.69) is 65.4 Å². The first-order chi connectivity index (χ1) is 10.2. The lowest BCUT2D eigenvalue weighted by Gasteiger charge is -2.20. The molecule has 0 aromatic heterocycles. The molecule has 2 nitrogen and oxygen atoms in total. The van der Waals surface area contributed by atoms with E-state index in [-0.39, 0.29) is 6.04 Å². The molecule has 0 heterocycles. The summed E-state index contributed by atoms with van der Waals surface area (Å²) in [7, 11) is 1.72. The summed E-state index contributed by atoms with van der Waals surface area (Å²) in [5.74, 6) is 0.944. The van der Waals surface area contributed by atoms with Crippen molar-refractivity contribution in [2.75, 3.05) is 7.11 Å². The van der Waals surface area contributed by atoms with E-state index in [0.717, 1.165) is 23.2 Å². The largest absolute Gasteiger partial charge is 0.496 e. The van der Waals surface area contributed by atoms with Crippen LogP contribution in [0.1, 0.15) is 36.1 Å². The number of rotatable bonds is 6. The summed E-state index contributed by atoms with van der Waals surface area (Å²) in [6, 6.07) is 15.0. The zero-order chi connectivity index (χ0) is 15.2. The van der Waals surface area contributed by atoms with Gasteiger partial charge in [0.25, 0.3) is 0 Å². The zero-order valence-electron chi connectivity index (χ0n) is 12.8. The number of aryl methyl sites for hydroxylation is 1. The van der Waals surface area contributed by atoms with E-state index in [1.807, 2.05) is 12.1 Å². The molecule has 112 valence electrons. The van der Waals surface area contributed by atoms with Crippen LogP contribution in [-0.4, -0.2) is 7.11 Å². The van der Waals surface area contributed by atoms with Crippen molar-refractivity contribution in [1.82, 2.24) is 5.32 Å². The Morgan fingerprint density at radius 1 is 1.19 bits per heavy atom. The number of halogens is 1. The summed E-state index contributed by atoms with van der Waals surface area (Å²) >= 11 is 3.64. The van der Waals surface area contributed by atoms with Crippen molar-refractivity contribution < 1.29 is 4.74 Å². The van der Waals surface area contributed by atoms with Crippen molar-refractivity contribution in [1.29, 1.82) is 0 Å². The Hall–Kier alpha value is -1.32. The summed E-state index contributed by atoms with van der Waals surface area (Å²) in [5.41, 5.74) is 3.75. The first-order valence-electron chi connectivity index (χ1n) is 7.27. The number of methoxy groups -OCH3 is 1. The zero-order valence-corrected chi connectivity index (χ0v) is 14.4. The van der Waals surface area contributed by atoms with E-state index in [1.165, 1.54) is 16.7 Å². The van der Waals surface area contributed by atoms with Gasteiger partial charge in [-0.1, -0.05) is 53.2 Å². The van der Waals surface area contributed by atoms with E-state index in [1.54, 1.807) is 7.11 Å². The van der Waals surface area contributed by atoms with Gasteiger partial charge in [0.15, 0.2) is 0 Å². The summed E-state index contributed by atoms with van der Waals surface area (Å²) in [6.45, 7) is 5.12. The third-order valence-corrected chi connectivity index (χ3v) is 4.41. The second kappa shape index (κ2) is 7.62. The minimum atomic E-state index is 0.286. The molecular weight excluding hydrogens is 326 g/mol. The average Bonchev–Trinajstić information content (AvgIpc) is 2.50. The first-order valence-corrected chi connectivity index (χ1v) is 8.06. The number of para-hydroxylation sites is 1. The van der Waals surface area contributed by atoms with Crippen molar-refractivity contribution in [3.63, 3.8) is 0 Å². The van der Waals surface area contributed by atoms with Crippen LogP contribution in [0.25, 0.3) is 0 Å². The highest BCUT2D eigenvalue weighted by Gasteiger charge is 2.13. The minimum absolute atomic E-state index is 0.286. The fourth-order valence-corrected chi connectivity index (χ4v) is 3.09. The molecule has 0 aliphatic carbocycles. The first kappa shape index (κ1) is 16.1. The van der Waals surface area contributed by atoms with E-state index in [4.69, 9.17) is 4.74 Å². The molecule has 0 aliphatic heterocycles. The Morgan fingerprint density at radius 2 is 1.95 bits per heavy atom. The topological polar surface area (TPSA) is 21.3 Å². The van der Waals surface area contributed by atoms with Crippen LogP contribution >= 0.6 is 15.9 Å². The van der Waals surface area contributed by atoms with Gasteiger partial charge in [0, 0.05) is 22.6 Å². The molecule has 0 saturated carbocycles. The Kier molecular flexibility index (Phi) is 5.83. The quantitative estimate of drug-likeness (QED) is 0.793. The van der Waals surface area contributed by atoms with Crippen LogP contribution in [0, 0.1) is 6.92 Å². The smallest absolute Gasteiger partial charge is 0.123 e. The average molecular weight is 348 g/mol. The molecule has 0 amide bonds. The van der Waals surface area contributed by atoms with Crippen LogP contribution in [0.15, 0.2) is 46.9 Å². The number of benzene rings is 2. The van der Waals surface area contributed by atoms with E-state index >= 15 is 0 Å². The summed E-state index contributed by atoms with van der Waals surface area (Å²) in [5, 5.41) is 3.63. The Balaban J connectivity index is 2.12. The third kappa shape index (κ3) is 4.08. The highest BCUT2D eigenvalue weighted by atomic mass is 79.9. The Bertz CT molecular complexity index is 598. The standard InChI is InChI=1S/C18H22BrNO/c1-4-17(15-7-5-6-8-18(15)21-3)20-12-14-10-9-13(2)11-16(14)19/h5-11,17,20H,4,12H2,1-3H3. The Morgan fingerprint density at radius 3 is 2.62 bits per heavy atom. The molecule has 0 spiro atoms. The van der Waals surface area contributed by atoms with Gasteiger partial charge >= 0.3 is 0 Å². The van der Waals surface area contributed by atoms with Crippen LogP contribution in [0.2, 0.25) is 0 Å². The predicted molar refractivity (Wildman–Crippen MR) is 91.7 cm³/mol. The molecule has 0 radical (unpaired) electrons. The fraction of sp³-hybridized carbons (Fsp3) is 0.333. The van der Waals surface area contributed by atoms with Gasteiger partial charge in [0.2, 0.25) is 0 Å². The van der Waals surface area contributed by atoms with Crippen molar-refractivity contribution in [2.45, 2.75) is 32.9 Å². The lowest BCUT2D eigenvalue weighted by Crippen LogP contribution is -2.21.